The molecule has 4 nitrogen and oxygen atoms in total. The molecule has 0 saturated heterocycles. The summed E-state index contributed by atoms with van der Waals surface area (Å²) in [4.78, 5) is 14.3. The molecular weight excluding hydrogens is 230 g/mol. The minimum Gasteiger partial charge on any atom is -0.481 e. The van der Waals surface area contributed by atoms with Crippen molar-refractivity contribution in [1.82, 2.24) is 4.98 Å². The van der Waals surface area contributed by atoms with Crippen LogP contribution < -0.4 is 0 Å². The van der Waals surface area contributed by atoms with Gasteiger partial charge < -0.3 is 14.8 Å². The number of aromatic amines is 1. The van der Waals surface area contributed by atoms with Crippen molar-refractivity contribution in [2.75, 3.05) is 6.61 Å². The second kappa shape index (κ2) is 3.85. The van der Waals surface area contributed by atoms with Crippen molar-refractivity contribution in [3.8, 4) is 0 Å². The number of rotatable bonds is 2. The SMILES string of the molecule is C[C@@]1(CC(=O)O)OCCc2c1[nH]c1ccccc21. The molecule has 0 unspecified atom stereocenters. The van der Waals surface area contributed by atoms with Crippen molar-refractivity contribution in [3.05, 3.63) is 35.5 Å². The van der Waals surface area contributed by atoms with Gasteiger partial charge in [0, 0.05) is 10.9 Å². The van der Waals surface area contributed by atoms with Gasteiger partial charge in [0.1, 0.15) is 5.60 Å². The highest BCUT2D eigenvalue weighted by molar-refractivity contribution is 5.85. The predicted octanol–water partition coefficient (Wildman–Crippen LogP) is 2.43. The Kier molecular flexibility index (Phi) is 2.41. The number of fused-ring (bicyclic) bond motifs is 3. The van der Waals surface area contributed by atoms with E-state index in [2.05, 4.69) is 11.1 Å². The van der Waals surface area contributed by atoms with Gasteiger partial charge in [-0.25, -0.2) is 0 Å². The topological polar surface area (TPSA) is 62.3 Å². The number of aromatic nitrogens is 1. The smallest absolute Gasteiger partial charge is 0.306 e. The number of H-pyrrole nitrogens is 1. The number of para-hydroxylation sites is 1. The Morgan fingerprint density at radius 1 is 1.50 bits per heavy atom. The molecular formula is C14H15NO3. The van der Waals surface area contributed by atoms with E-state index >= 15 is 0 Å². The minimum absolute atomic E-state index is 0.0210. The van der Waals surface area contributed by atoms with Crippen LogP contribution in [0.25, 0.3) is 10.9 Å². The fourth-order valence-corrected chi connectivity index (χ4v) is 2.79. The average molecular weight is 245 g/mol. The zero-order valence-electron chi connectivity index (χ0n) is 10.2. The van der Waals surface area contributed by atoms with E-state index in [0.717, 1.165) is 17.6 Å². The second-order valence-corrected chi connectivity index (χ2v) is 4.92. The molecule has 0 fully saturated rings. The number of benzene rings is 1. The van der Waals surface area contributed by atoms with E-state index in [-0.39, 0.29) is 6.42 Å². The Bertz CT molecular complexity index is 617. The number of hydrogen-bond donors (Lipinski definition) is 2. The van der Waals surface area contributed by atoms with Crippen LogP contribution in [-0.4, -0.2) is 22.7 Å². The summed E-state index contributed by atoms with van der Waals surface area (Å²) in [6, 6.07) is 8.05. The molecule has 1 aliphatic rings. The summed E-state index contributed by atoms with van der Waals surface area (Å²) in [5.41, 5.74) is 2.40. The highest BCUT2D eigenvalue weighted by Gasteiger charge is 2.37. The molecule has 3 rings (SSSR count). The summed E-state index contributed by atoms with van der Waals surface area (Å²) in [5.74, 6) is -0.844. The molecule has 2 heterocycles. The van der Waals surface area contributed by atoms with Gasteiger partial charge in [-0.2, -0.15) is 0 Å². The standard InChI is InChI=1S/C14H15NO3/c1-14(8-12(16)17)13-10(6-7-18-14)9-4-2-3-5-11(9)15-13/h2-5,15H,6-8H2,1H3,(H,16,17)/t14-/m0/s1. The van der Waals surface area contributed by atoms with E-state index in [4.69, 9.17) is 9.84 Å². The summed E-state index contributed by atoms with van der Waals surface area (Å²) < 4.78 is 5.72. The van der Waals surface area contributed by atoms with Crippen molar-refractivity contribution >= 4 is 16.9 Å². The Hall–Kier alpha value is -1.81. The molecule has 4 heteroatoms. The van der Waals surface area contributed by atoms with Gasteiger partial charge in [0.15, 0.2) is 0 Å². The molecule has 0 aliphatic carbocycles. The average Bonchev–Trinajstić information content (AvgIpc) is 2.69. The number of ether oxygens (including phenoxy) is 1. The molecule has 18 heavy (non-hydrogen) atoms. The van der Waals surface area contributed by atoms with Gasteiger partial charge in [0.05, 0.1) is 18.7 Å². The number of hydrogen-bond acceptors (Lipinski definition) is 2. The number of carbonyl (C=O) groups is 1. The van der Waals surface area contributed by atoms with E-state index in [1.807, 2.05) is 25.1 Å². The van der Waals surface area contributed by atoms with Gasteiger partial charge in [-0.05, 0) is 25.0 Å². The third-order valence-corrected chi connectivity index (χ3v) is 3.60. The lowest BCUT2D eigenvalue weighted by Crippen LogP contribution is -2.34. The van der Waals surface area contributed by atoms with Crippen LogP contribution in [0.1, 0.15) is 24.6 Å². The van der Waals surface area contributed by atoms with Gasteiger partial charge in [0.2, 0.25) is 0 Å². The van der Waals surface area contributed by atoms with Crippen LogP contribution >= 0.6 is 0 Å². The molecule has 1 atom stereocenters. The normalized spacial score (nSPS) is 22.9. The largest absolute Gasteiger partial charge is 0.481 e. The van der Waals surface area contributed by atoms with E-state index in [0.29, 0.717) is 6.61 Å². The Morgan fingerprint density at radius 3 is 3.06 bits per heavy atom. The molecule has 2 N–H and O–H groups in total. The fraction of sp³-hybridized carbons (Fsp3) is 0.357. The highest BCUT2D eigenvalue weighted by atomic mass is 16.5. The zero-order valence-corrected chi connectivity index (χ0v) is 10.2. The molecule has 1 aliphatic heterocycles. The van der Waals surface area contributed by atoms with Crippen LogP contribution in [-0.2, 0) is 21.6 Å². The van der Waals surface area contributed by atoms with Crippen molar-refractivity contribution in [2.24, 2.45) is 0 Å². The first-order chi connectivity index (χ1) is 8.60. The maximum atomic E-state index is 11.0. The van der Waals surface area contributed by atoms with Crippen molar-refractivity contribution in [1.29, 1.82) is 0 Å². The van der Waals surface area contributed by atoms with Crippen molar-refractivity contribution in [3.63, 3.8) is 0 Å². The van der Waals surface area contributed by atoms with Crippen LogP contribution in [0.5, 0.6) is 0 Å². The molecule has 0 radical (unpaired) electrons. The lowest BCUT2D eigenvalue weighted by molar-refractivity contribution is -0.146. The maximum absolute atomic E-state index is 11.0. The quantitative estimate of drug-likeness (QED) is 0.854. The minimum atomic E-state index is -0.844. The first-order valence-electron chi connectivity index (χ1n) is 6.06. The van der Waals surface area contributed by atoms with E-state index in [1.54, 1.807) is 0 Å². The van der Waals surface area contributed by atoms with Crippen molar-refractivity contribution < 1.29 is 14.6 Å². The summed E-state index contributed by atoms with van der Waals surface area (Å²) in [7, 11) is 0. The Morgan fingerprint density at radius 2 is 2.28 bits per heavy atom. The van der Waals surface area contributed by atoms with Crippen LogP contribution in [0.3, 0.4) is 0 Å². The third-order valence-electron chi connectivity index (χ3n) is 3.60. The van der Waals surface area contributed by atoms with Gasteiger partial charge in [-0.3, -0.25) is 4.79 Å². The first kappa shape index (κ1) is 11.3. The third kappa shape index (κ3) is 1.61. The molecule has 0 saturated carbocycles. The molecule has 1 aromatic carbocycles. The fourth-order valence-electron chi connectivity index (χ4n) is 2.79. The maximum Gasteiger partial charge on any atom is 0.306 e. The molecule has 0 bridgehead atoms. The molecule has 0 amide bonds. The predicted molar refractivity (Wildman–Crippen MR) is 67.6 cm³/mol. The first-order valence-corrected chi connectivity index (χ1v) is 6.06. The highest BCUT2D eigenvalue weighted by Crippen LogP contribution is 2.38. The van der Waals surface area contributed by atoms with Gasteiger partial charge in [-0.15, -0.1) is 0 Å². The van der Waals surface area contributed by atoms with Crippen LogP contribution in [0, 0.1) is 0 Å². The molecule has 94 valence electrons. The van der Waals surface area contributed by atoms with Crippen LogP contribution in [0.2, 0.25) is 0 Å². The van der Waals surface area contributed by atoms with E-state index < -0.39 is 11.6 Å². The summed E-state index contributed by atoms with van der Waals surface area (Å²) in [5, 5.41) is 10.2. The van der Waals surface area contributed by atoms with Gasteiger partial charge >= 0.3 is 5.97 Å². The number of nitrogens with one attached hydrogen (secondary N) is 1. The van der Waals surface area contributed by atoms with Crippen LogP contribution in [0.4, 0.5) is 0 Å². The lowest BCUT2D eigenvalue weighted by Gasteiger charge is -2.32. The monoisotopic (exact) mass is 245 g/mol. The Labute approximate surface area is 105 Å². The van der Waals surface area contributed by atoms with Crippen LogP contribution in [0.15, 0.2) is 24.3 Å². The molecule has 1 aromatic heterocycles. The number of carboxylic acid groups (broad SMARTS) is 1. The van der Waals surface area contributed by atoms with Gasteiger partial charge in [-0.1, -0.05) is 18.2 Å². The zero-order chi connectivity index (χ0) is 12.8. The molecule has 2 aromatic rings. The summed E-state index contributed by atoms with van der Waals surface area (Å²) in [6.45, 7) is 2.41. The number of carboxylic acids is 1. The number of aliphatic carboxylic acids is 1. The Balaban J connectivity index is 2.18. The van der Waals surface area contributed by atoms with E-state index in [1.165, 1.54) is 10.9 Å². The van der Waals surface area contributed by atoms with Crippen molar-refractivity contribution in [2.45, 2.75) is 25.4 Å². The second-order valence-electron chi connectivity index (χ2n) is 4.92. The van der Waals surface area contributed by atoms with E-state index in [9.17, 15) is 4.79 Å². The summed E-state index contributed by atoms with van der Waals surface area (Å²) in [6.07, 6.45) is 0.807. The lowest BCUT2D eigenvalue weighted by atomic mass is 9.90. The molecule has 0 spiro atoms. The summed E-state index contributed by atoms with van der Waals surface area (Å²) >= 11 is 0. The van der Waals surface area contributed by atoms with Gasteiger partial charge in [0.25, 0.3) is 0 Å².